The monoisotopic (exact) mass is 286 g/mol. The first-order valence-corrected chi connectivity index (χ1v) is 6.09. The van der Waals surface area contributed by atoms with Gasteiger partial charge in [-0.2, -0.15) is 0 Å². The summed E-state index contributed by atoms with van der Waals surface area (Å²) in [6.45, 7) is 2.07. The van der Waals surface area contributed by atoms with E-state index in [0.717, 1.165) is 10.6 Å². The molecule has 1 unspecified atom stereocenters. The number of halogens is 1. The first-order valence-electron chi connectivity index (χ1n) is 4.48. The number of furan rings is 1. The van der Waals surface area contributed by atoms with Crippen LogP contribution in [0.3, 0.4) is 0 Å². The molecule has 2 heterocycles. The number of nitrogens with two attached hydrogens (primary N) is 1. The van der Waals surface area contributed by atoms with E-state index in [4.69, 9.17) is 10.3 Å². The van der Waals surface area contributed by atoms with Crippen molar-refractivity contribution < 1.29 is 4.42 Å². The van der Waals surface area contributed by atoms with E-state index in [9.17, 15) is 0 Å². The van der Waals surface area contributed by atoms with Gasteiger partial charge in [0.05, 0.1) is 0 Å². The third kappa shape index (κ3) is 2.31. The van der Waals surface area contributed by atoms with Gasteiger partial charge in [-0.3, -0.25) is 5.84 Å². The zero-order valence-electron chi connectivity index (χ0n) is 8.16. The Kier molecular flexibility index (Phi) is 3.25. The van der Waals surface area contributed by atoms with E-state index in [0.29, 0.717) is 4.67 Å². The molecular weight excluding hydrogens is 276 g/mol. The lowest BCUT2D eigenvalue weighted by molar-refractivity contribution is 0.440. The molecule has 0 saturated carbocycles. The second-order valence-electron chi connectivity index (χ2n) is 3.19. The van der Waals surface area contributed by atoms with Gasteiger partial charge in [-0.05, 0) is 47.1 Å². The highest BCUT2D eigenvalue weighted by Crippen LogP contribution is 2.29. The molecule has 3 N–H and O–H groups in total. The molecule has 0 saturated heterocycles. The van der Waals surface area contributed by atoms with Crippen LogP contribution in [0.4, 0.5) is 0 Å². The van der Waals surface area contributed by atoms with Gasteiger partial charge in [0.1, 0.15) is 11.8 Å². The molecule has 0 spiro atoms. The van der Waals surface area contributed by atoms with Crippen molar-refractivity contribution in [3.63, 3.8) is 0 Å². The van der Waals surface area contributed by atoms with Crippen molar-refractivity contribution in [1.29, 1.82) is 0 Å². The van der Waals surface area contributed by atoms with Gasteiger partial charge in [0, 0.05) is 9.75 Å². The van der Waals surface area contributed by atoms with Crippen LogP contribution in [-0.2, 0) is 0 Å². The lowest BCUT2D eigenvalue weighted by atomic mass is 10.2. The number of hydrogen-bond acceptors (Lipinski definition) is 4. The Morgan fingerprint density at radius 1 is 1.40 bits per heavy atom. The number of hydrazine groups is 1. The Morgan fingerprint density at radius 3 is 2.67 bits per heavy atom. The van der Waals surface area contributed by atoms with Gasteiger partial charge >= 0.3 is 0 Å². The van der Waals surface area contributed by atoms with E-state index < -0.39 is 0 Å². The summed E-state index contributed by atoms with van der Waals surface area (Å²) in [5.41, 5.74) is 2.76. The largest absolute Gasteiger partial charge is 0.452 e. The van der Waals surface area contributed by atoms with Crippen molar-refractivity contribution >= 4 is 27.3 Å². The van der Waals surface area contributed by atoms with Crippen molar-refractivity contribution in [2.45, 2.75) is 13.0 Å². The van der Waals surface area contributed by atoms with Crippen LogP contribution in [0.5, 0.6) is 0 Å². The van der Waals surface area contributed by atoms with E-state index in [2.05, 4.69) is 40.4 Å². The van der Waals surface area contributed by atoms with E-state index in [1.54, 1.807) is 11.3 Å². The highest BCUT2D eigenvalue weighted by atomic mass is 79.9. The van der Waals surface area contributed by atoms with Crippen molar-refractivity contribution in [3.05, 3.63) is 44.4 Å². The zero-order valence-corrected chi connectivity index (χ0v) is 10.6. The highest BCUT2D eigenvalue weighted by molar-refractivity contribution is 9.10. The van der Waals surface area contributed by atoms with E-state index >= 15 is 0 Å². The Labute approximate surface area is 100 Å². The second-order valence-corrected chi connectivity index (χ2v) is 5.29. The lowest BCUT2D eigenvalue weighted by Crippen LogP contribution is -2.27. The standard InChI is InChI=1S/C10H11BrN2OS/c1-6-2-4-8(15-6)10(13-12)7-3-5-9(11)14-7/h2-5,10,13H,12H2,1H3. The summed E-state index contributed by atoms with van der Waals surface area (Å²) in [5, 5.41) is 0. The molecule has 0 aliphatic heterocycles. The molecule has 2 aromatic heterocycles. The van der Waals surface area contributed by atoms with Crippen LogP contribution < -0.4 is 11.3 Å². The Morgan fingerprint density at radius 2 is 2.20 bits per heavy atom. The maximum atomic E-state index is 5.54. The fourth-order valence-corrected chi connectivity index (χ4v) is 2.66. The van der Waals surface area contributed by atoms with Crippen LogP contribution in [-0.4, -0.2) is 0 Å². The molecule has 0 aliphatic rings. The molecule has 2 rings (SSSR count). The molecule has 0 amide bonds. The van der Waals surface area contributed by atoms with E-state index in [1.807, 2.05) is 12.1 Å². The third-order valence-corrected chi connectivity index (χ3v) is 3.58. The van der Waals surface area contributed by atoms with E-state index in [-0.39, 0.29) is 6.04 Å². The van der Waals surface area contributed by atoms with Crippen molar-refractivity contribution in [1.82, 2.24) is 5.43 Å². The van der Waals surface area contributed by atoms with Crippen molar-refractivity contribution in [2.24, 2.45) is 5.84 Å². The van der Waals surface area contributed by atoms with Gasteiger partial charge in [0.25, 0.3) is 0 Å². The molecule has 0 aliphatic carbocycles. The first kappa shape index (κ1) is 10.9. The topological polar surface area (TPSA) is 51.2 Å². The van der Waals surface area contributed by atoms with Crippen LogP contribution >= 0.6 is 27.3 Å². The maximum Gasteiger partial charge on any atom is 0.169 e. The molecule has 3 nitrogen and oxygen atoms in total. The van der Waals surface area contributed by atoms with Crippen LogP contribution in [0, 0.1) is 6.92 Å². The molecule has 1 atom stereocenters. The normalized spacial score (nSPS) is 13.0. The zero-order chi connectivity index (χ0) is 10.8. The maximum absolute atomic E-state index is 5.54. The second kappa shape index (κ2) is 4.49. The lowest BCUT2D eigenvalue weighted by Gasteiger charge is -2.10. The predicted molar refractivity (Wildman–Crippen MR) is 64.6 cm³/mol. The SMILES string of the molecule is Cc1ccc(C(NN)c2ccc(Br)o2)s1. The quantitative estimate of drug-likeness (QED) is 0.674. The fraction of sp³-hybridized carbons (Fsp3) is 0.200. The molecule has 0 aromatic carbocycles. The molecule has 0 fully saturated rings. The summed E-state index contributed by atoms with van der Waals surface area (Å²) in [5.74, 6) is 6.35. The molecule has 0 radical (unpaired) electrons. The average Bonchev–Trinajstić information content (AvgIpc) is 2.78. The first-order chi connectivity index (χ1) is 7.20. The fourth-order valence-electron chi connectivity index (χ4n) is 1.40. The number of nitrogens with one attached hydrogen (secondary N) is 1. The highest BCUT2D eigenvalue weighted by Gasteiger charge is 2.17. The predicted octanol–water partition coefficient (Wildman–Crippen LogP) is 2.96. The number of aryl methyl sites for hydroxylation is 1. The van der Waals surface area contributed by atoms with Crippen LogP contribution in [0.2, 0.25) is 0 Å². The van der Waals surface area contributed by atoms with Crippen LogP contribution in [0.25, 0.3) is 0 Å². The Hall–Kier alpha value is -0.620. The Bertz CT molecular complexity index is 411. The summed E-state index contributed by atoms with van der Waals surface area (Å²) in [6.07, 6.45) is 0. The summed E-state index contributed by atoms with van der Waals surface area (Å²) in [6, 6.07) is 7.82. The minimum Gasteiger partial charge on any atom is -0.452 e. The van der Waals surface area contributed by atoms with Gasteiger partial charge < -0.3 is 4.42 Å². The molecule has 15 heavy (non-hydrogen) atoms. The van der Waals surface area contributed by atoms with Crippen LogP contribution in [0.1, 0.15) is 21.6 Å². The molecule has 5 heteroatoms. The van der Waals surface area contributed by atoms with Gasteiger partial charge in [0.2, 0.25) is 0 Å². The molecule has 2 aromatic rings. The number of hydrogen-bond donors (Lipinski definition) is 2. The average molecular weight is 287 g/mol. The molecule has 80 valence electrons. The van der Waals surface area contributed by atoms with Crippen LogP contribution in [0.15, 0.2) is 33.4 Å². The van der Waals surface area contributed by atoms with Gasteiger partial charge in [-0.15, -0.1) is 11.3 Å². The molecular formula is C10H11BrN2OS. The smallest absolute Gasteiger partial charge is 0.169 e. The van der Waals surface area contributed by atoms with Gasteiger partial charge in [-0.25, -0.2) is 5.43 Å². The summed E-state index contributed by atoms with van der Waals surface area (Å²) in [7, 11) is 0. The minimum atomic E-state index is -0.0741. The van der Waals surface area contributed by atoms with Crippen molar-refractivity contribution in [2.75, 3.05) is 0 Å². The minimum absolute atomic E-state index is 0.0741. The Balaban J connectivity index is 2.32. The number of rotatable bonds is 3. The molecule has 0 bridgehead atoms. The van der Waals surface area contributed by atoms with Gasteiger partial charge in [0.15, 0.2) is 4.67 Å². The number of thiophene rings is 1. The van der Waals surface area contributed by atoms with Gasteiger partial charge in [-0.1, -0.05) is 0 Å². The van der Waals surface area contributed by atoms with E-state index in [1.165, 1.54) is 4.88 Å². The summed E-state index contributed by atoms with van der Waals surface area (Å²) < 4.78 is 6.19. The summed E-state index contributed by atoms with van der Waals surface area (Å²) in [4.78, 5) is 2.41. The third-order valence-electron chi connectivity index (χ3n) is 2.09. The summed E-state index contributed by atoms with van der Waals surface area (Å²) >= 11 is 4.98. The van der Waals surface area contributed by atoms with Crippen molar-refractivity contribution in [3.8, 4) is 0 Å².